The summed E-state index contributed by atoms with van der Waals surface area (Å²) in [5, 5.41) is 8.82. The molecular weight excluding hydrogens is 294 g/mol. The molecule has 0 spiro atoms. The highest BCUT2D eigenvalue weighted by Crippen LogP contribution is 2.29. The minimum absolute atomic E-state index is 0.0321. The SMILES string of the molecule is CC(=O)N(C1CC(=O)N(c2ccc(C#N)cc2)C1=O)C(C)(C)C. The predicted molar refractivity (Wildman–Crippen MR) is 84.3 cm³/mol. The average Bonchev–Trinajstić information content (AvgIpc) is 2.72. The number of nitrogens with zero attached hydrogens (tertiary/aromatic N) is 3. The summed E-state index contributed by atoms with van der Waals surface area (Å²) >= 11 is 0. The van der Waals surface area contributed by atoms with Crippen molar-refractivity contribution in [3.63, 3.8) is 0 Å². The van der Waals surface area contributed by atoms with E-state index in [1.54, 1.807) is 24.3 Å². The molecule has 1 atom stereocenters. The van der Waals surface area contributed by atoms with Gasteiger partial charge in [0.25, 0.3) is 5.91 Å². The van der Waals surface area contributed by atoms with Crippen molar-refractivity contribution in [2.75, 3.05) is 4.90 Å². The minimum Gasteiger partial charge on any atom is -0.326 e. The summed E-state index contributed by atoms with van der Waals surface area (Å²) in [6, 6.07) is 7.42. The van der Waals surface area contributed by atoms with Crippen molar-refractivity contribution in [3.8, 4) is 6.07 Å². The number of imide groups is 1. The Balaban J connectivity index is 2.36. The van der Waals surface area contributed by atoms with E-state index in [2.05, 4.69) is 0 Å². The first kappa shape index (κ1) is 16.7. The molecule has 1 heterocycles. The fraction of sp³-hybridized carbons (Fsp3) is 0.412. The lowest BCUT2D eigenvalue weighted by atomic mass is 10.0. The largest absolute Gasteiger partial charge is 0.326 e. The maximum atomic E-state index is 12.7. The second kappa shape index (κ2) is 5.84. The van der Waals surface area contributed by atoms with E-state index in [-0.39, 0.29) is 18.2 Å². The summed E-state index contributed by atoms with van der Waals surface area (Å²) in [5.74, 6) is -1.00. The van der Waals surface area contributed by atoms with Crippen LogP contribution in [0.15, 0.2) is 24.3 Å². The van der Waals surface area contributed by atoms with Crippen molar-refractivity contribution >= 4 is 23.4 Å². The third-order valence-corrected chi connectivity index (χ3v) is 3.75. The predicted octanol–water partition coefficient (Wildman–Crippen LogP) is 1.84. The highest BCUT2D eigenvalue weighted by atomic mass is 16.2. The number of benzene rings is 1. The summed E-state index contributed by atoms with van der Waals surface area (Å²) in [5.41, 5.74) is 0.302. The molecule has 1 aromatic carbocycles. The topological polar surface area (TPSA) is 81.5 Å². The van der Waals surface area contributed by atoms with Gasteiger partial charge < -0.3 is 4.90 Å². The maximum Gasteiger partial charge on any atom is 0.257 e. The highest BCUT2D eigenvalue weighted by molar-refractivity contribution is 6.23. The monoisotopic (exact) mass is 313 g/mol. The minimum atomic E-state index is -0.796. The van der Waals surface area contributed by atoms with Crippen LogP contribution in [-0.4, -0.2) is 34.2 Å². The summed E-state index contributed by atoms with van der Waals surface area (Å²) in [7, 11) is 0. The van der Waals surface area contributed by atoms with Crippen molar-refractivity contribution in [2.24, 2.45) is 0 Å². The van der Waals surface area contributed by atoms with Crippen LogP contribution in [0, 0.1) is 11.3 Å². The van der Waals surface area contributed by atoms with Gasteiger partial charge in [-0.1, -0.05) is 0 Å². The Labute approximate surface area is 135 Å². The fourth-order valence-corrected chi connectivity index (χ4v) is 2.93. The molecule has 1 aliphatic rings. The first-order valence-corrected chi connectivity index (χ1v) is 7.33. The van der Waals surface area contributed by atoms with Gasteiger partial charge in [-0.2, -0.15) is 5.26 Å². The van der Waals surface area contributed by atoms with E-state index in [0.29, 0.717) is 11.3 Å². The van der Waals surface area contributed by atoms with Crippen molar-refractivity contribution in [3.05, 3.63) is 29.8 Å². The van der Waals surface area contributed by atoms with Crippen LogP contribution in [0.3, 0.4) is 0 Å². The molecule has 120 valence electrons. The third kappa shape index (κ3) is 3.09. The number of hydrogen-bond acceptors (Lipinski definition) is 4. The Kier molecular flexibility index (Phi) is 4.24. The van der Waals surface area contributed by atoms with Gasteiger partial charge in [-0.05, 0) is 45.0 Å². The van der Waals surface area contributed by atoms with Crippen LogP contribution in [0.5, 0.6) is 0 Å². The van der Waals surface area contributed by atoms with E-state index in [1.165, 1.54) is 11.8 Å². The van der Waals surface area contributed by atoms with Gasteiger partial charge >= 0.3 is 0 Å². The van der Waals surface area contributed by atoms with Crippen LogP contribution < -0.4 is 4.90 Å². The third-order valence-electron chi connectivity index (χ3n) is 3.75. The number of amides is 3. The van der Waals surface area contributed by atoms with Gasteiger partial charge in [-0.25, -0.2) is 4.90 Å². The number of carbonyl (C=O) groups excluding carboxylic acids is 3. The molecule has 0 N–H and O–H groups in total. The van der Waals surface area contributed by atoms with Gasteiger partial charge in [0.05, 0.1) is 23.7 Å². The molecule has 2 rings (SSSR count). The van der Waals surface area contributed by atoms with Gasteiger partial charge in [0, 0.05) is 12.5 Å². The van der Waals surface area contributed by atoms with E-state index in [9.17, 15) is 14.4 Å². The van der Waals surface area contributed by atoms with Gasteiger partial charge in [0.1, 0.15) is 6.04 Å². The number of hydrogen-bond donors (Lipinski definition) is 0. The summed E-state index contributed by atoms with van der Waals surface area (Å²) in [6.45, 7) is 6.89. The number of rotatable bonds is 2. The van der Waals surface area contributed by atoms with Crippen molar-refractivity contribution in [2.45, 2.75) is 45.7 Å². The van der Waals surface area contributed by atoms with Crippen LogP contribution in [0.4, 0.5) is 5.69 Å². The maximum absolute atomic E-state index is 12.7. The van der Waals surface area contributed by atoms with Crippen molar-refractivity contribution in [1.82, 2.24) is 4.90 Å². The first-order chi connectivity index (χ1) is 10.7. The Hall–Kier alpha value is -2.68. The molecule has 1 aromatic rings. The number of nitriles is 1. The van der Waals surface area contributed by atoms with Crippen LogP contribution in [-0.2, 0) is 14.4 Å². The zero-order chi connectivity index (χ0) is 17.4. The van der Waals surface area contributed by atoms with E-state index in [0.717, 1.165) is 4.90 Å². The van der Waals surface area contributed by atoms with E-state index >= 15 is 0 Å². The van der Waals surface area contributed by atoms with Gasteiger partial charge in [0.2, 0.25) is 11.8 Å². The number of carbonyl (C=O) groups is 3. The number of anilines is 1. The van der Waals surface area contributed by atoms with Crippen molar-refractivity contribution in [1.29, 1.82) is 5.26 Å². The molecule has 1 aliphatic heterocycles. The molecule has 6 heteroatoms. The molecule has 0 radical (unpaired) electrons. The summed E-state index contributed by atoms with van der Waals surface area (Å²) in [4.78, 5) is 39.5. The molecule has 6 nitrogen and oxygen atoms in total. The molecule has 0 bridgehead atoms. The first-order valence-electron chi connectivity index (χ1n) is 7.33. The van der Waals surface area contributed by atoms with Gasteiger partial charge in [-0.3, -0.25) is 14.4 Å². The van der Waals surface area contributed by atoms with Crippen LogP contribution in [0.2, 0.25) is 0 Å². The van der Waals surface area contributed by atoms with Gasteiger partial charge in [0.15, 0.2) is 0 Å². The Morgan fingerprint density at radius 1 is 1.26 bits per heavy atom. The van der Waals surface area contributed by atoms with Gasteiger partial charge in [-0.15, -0.1) is 0 Å². The molecule has 1 fully saturated rings. The molecule has 3 amide bonds. The molecule has 1 saturated heterocycles. The molecule has 0 aliphatic carbocycles. The Bertz CT molecular complexity index is 695. The standard InChI is InChI=1S/C17H19N3O3/c1-11(21)20(17(2,3)4)14-9-15(22)19(16(14)23)13-7-5-12(10-18)6-8-13/h5-8,14H,9H2,1-4H3. The van der Waals surface area contributed by atoms with Crippen LogP contribution >= 0.6 is 0 Å². The zero-order valence-electron chi connectivity index (χ0n) is 13.7. The normalized spacial score (nSPS) is 18.0. The van der Waals surface area contributed by atoms with E-state index in [4.69, 9.17) is 5.26 Å². The zero-order valence-corrected chi connectivity index (χ0v) is 13.7. The summed E-state index contributed by atoms with van der Waals surface area (Å²) in [6.07, 6.45) is -0.0321. The van der Waals surface area contributed by atoms with E-state index < -0.39 is 17.5 Å². The quantitative estimate of drug-likeness (QED) is 0.780. The molecule has 23 heavy (non-hydrogen) atoms. The van der Waals surface area contributed by atoms with Crippen LogP contribution in [0.1, 0.15) is 39.7 Å². The second-order valence-electron chi connectivity index (χ2n) is 6.51. The summed E-state index contributed by atoms with van der Waals surface area (Å²) < 4.78 is 0. The lowest BCUT2D eigenvalue weighted by molar-refractivity contribution is -0.142. The lowest BCUT2D eigenvalue weighted by Gasteiger charge is -2.38. The second-order valence-corrected chi connectivity index (χ2v) is 6.51. The fourth-order valence-electron chi connectivity index (χ4n) is 2.93. The van der Waals surface area contributed by atoms with Crippen molar-refractivity contribution < 1.29 is 14.4 Å². The molecular formula is C17H19N3O3. The lowest BCUT2D eigenvalue weighted by Crippen LogP contribution is -2.53. The van der Waals surface area contributed by atoms with Crippen LogP contribution in [0.25, 0.3) is 0 Å². The Morgan fingerprint density at radius 2 is 1.83 bits per heavy atom. The Morgan fingerprint density at radius 3 is 2.26 bits per heavy atom. The molecule has 0 saturated carbocycles. The smallest absolute Gasteiger partial charge is 0.257 e. The average molecular weight is 313 g/mol. The van der Waals surface area contributed by atoms with E-state index in [1.807, 2.05) is 26.8 Å². The molecule has 1 unspecified atom stereocenters. The molecule has 0 aromatic heterocycles. The highest BCUT2D eigenvalue weighted by Gasteiger charge is 2.46.